The predicted octanol–water partition coefficient (Wildman–Crippen LogP) is 4.53. The van der Waals surface area contributed by atoms with E-state index < -0.39 is 0 Å². The third kappa shape index (κ3) is 4.15. The number of hydrogen-bond donors (Lipinski definition) is 1. The third-order valence-corrected chi connectivity index (χ3v) is 4.26. The van der Waals surface area contributed by atoms with E-state index >= 15 is 0 Å². The van der Waals surface area contributed by atoms with Crippen LogP contribution in [0.25, 0.3) is 0 Å². The maximum Gasteiger partial charge on any atom is 0.123 e. The lowest BCUT2D eigenvalue weighted by Crippen LogP contribution is -2.34. The van der Waals surface area contributed by atoms with Crippen molar-refractivity contribution in [1.82, 2.24) is 0 Å². The van der Waals surface area contributed by atoms with Crippen LogP contribution in [0, 0.1) is 11.7 Å². The first-order valence-corrected chi connectivity index (χ1v) is 7.66. The Labute approximate surface area is 127 Å². The smallest absolute Gasteiger partial charge is 0.123 e. The van der Waals surface area contributed by atoms with Crippen molar-refractivity contribution < 1.29 is 4.39 Å². The van der Waals surface area contributed by atoms with Crippen LogP contribution in [0.4, 0.5) is 4.39 Å². The Bertz CT molecular complexity index is 553. The van der Waals surface area contributed by atoms with Crippen LogP contribution in [0.5, 0.6) is 0 Å². The Kier molecular flexibility index (Phi) is 5.51. The summed E-state index contributed by atoms with van der Waals surface area (Å²) in [5, 5.41) is 0. The van der Waals surface area contributed by atoms with E-state index in [0.717, 1.165) is 12.0 Å². The van der Waals surface area contributed by atoms with Gasteiger partial charge in [-0.1, -0.05) is 62.7 Å². The second-order valence-corrected chi connectivity index (χ2v) is 5.82. The fraction of sp³-hybridized carbons (Fsp3) is 0.368. The Morgan fingerprint density at radius 1 is 1.05 bits per heavy atom. The van der Waals surface area contributed by atoms with Crippen molar-refractivity contribution in [2.75, 3.05) is 0 Å². The molecule has 112 valence electrons. The zero-order chi connectivity index (χ0) is 15.2. The largest absolute Gasteiger partial charge is 0.327 e. The van der Waals surface area contributed by atoms with Crippen molar-refractivity contribution in [3.63, 3.8) is 0 Å². The van der Waals surface area contributed by atoms with Crippen molar-refractivity contribution in [2.24, 2.45) is 11.7 Å². The molecule has 2 N–H and O–H groups in total. The van der Waals surface area contributed by atoms with Gasteiger partial charge in [-0.05, 0) is 35.6 Å². The second kappa shape index (κ2) is 7.37. The number of halogens is 1. The van der Waals surface area contributed by atoms with Crippen molar-refractivity contribution in [3.05, 3.63) is 71.5 Å². The van der Waals surface area contributed by atoms with Gasteiger partial charge in [-0.2, -0.15) is 0 Å². The topological polar surface area (TPSA) is 26.0 Å². The first kappa shape index (κ1) is 15.7. The van der Waals surface area contributed by atoms with Gasteiger partial charge in [0.15, 0.2) is 0 Å². The molecule has 0 aliphatic rings. The van der Waals surface area contributed by atoms with Crippen LogP contribution in [-0.4, -0.2) is 6.04 Å². The minimum Gasteiger partial charge on any atom is -0.327 e. The van der Waals surface area contributed by atoms with E-state index in [4.69, 9.17) is 5.73 Å². The normalized spacial score (nSPS) is 15.4. The summed E-state index contributed by atoms with van der Waals surface area (Å²) < 4.78 is 13.3. The molecule has 0 heterocycles. The molecule has 0 radical (unpaired) electrons. The molecule has 0 aromatic heterocycles. The van der Waals surface area contributed by atoms with Gasteiger partial charge >= 0.3 is 0 Å². The summed E-state index contributed by atoms with van der Waals surface area (Å²) in [6, 6.07) is 17.2. The van der Waals surface area contributed by atoms with Gasteiger partial charge in [0.05, 0.1) is 0 Å². The summed E-state index contributed by atoms with van der Waals surface area (Å²) >= 11 is 0. The highest BCUT2D eigenvalue weighted by Gasteiger charge is 2.25. The Balaban J connectivity index is 2.20. The molecule has 1 nitrogen and oxygen atoms in total. The summed E-state index contributed by atoms with van der Waals surface area (Å²) in [6.45, 7) is 4.43. The molecule has 0 aliphatic carbocycles. The lowest BCUT2D eigenvalue weighted by Gasteiger charge is -2.29. The lowest BCUT2D eigenvalue weighted by atomic mass is 9.78. The molecule has 2 heteroatoms. The van der Waals surface area contributed by atoms with Crippen LogP contribution in [-0.2, 0) is 6.42 Å². The molecule has 0 saturated heterocycles. The van der Waals surface area contributed by atoms with Crippen molar-refractivity contribution in [1.29, 1.82) is 0 Å². The van der Waals surface area contributed by atoms with Crippen LogP contribution in [0.15, 0.2) is 54.6 Å². The molecule has 0 aliphatic heterocycles. The van der Waals surface area contributed by atoms with Gasteiger partial charge < -0.3 is 5.73 Å². The average molecular weight is 285 g/mol. The highest BCUT2D eigenvalue weighted by Crippen LogP contribution is 2.30. The number of rotatable bonds is 6. The van der Waals surface area contributed by atoms with E-state index in [2.05, 4.69) is 38.1 Å². The quantitative estimate of drug-likeness (QED) is 0.829. The second-order valence-electron chi connectivity index (χ2n) is 5.82. The minimum absolute atomic E-state index is 0.0100. The van der Waals surface area contributed by atoms with Crippen molar-refractivity contribution in [3.8, 4) is 0 Å². The first-order chi connectivity index (χ1) is 10.1. The summed E-state index contributed by atoms with van der Waals surface area (Å²) in [4.78, 5) is 0. The fourth-order valence-electron chi connectivity index (χ4n) is 2.99. The molecule has 3 atom stereocenters. The Morgan fingerprint density at radius 2 is 1.76 bits per heavy atom. The predicted molar refractivity (Wildman–Crippen MR) is 86.7 cm³/mol. The van der Waals surface area contributed by atoms with E-state index in [9.17, 15) is 4.39 Å². The van der Waals surface area contributed by atoms with Gasteiger partial charge in [0.25, 0.3) is 0 Å². The fourth-order valence-corrected chi connectivity index (χ4v) is 2.99. The van der Waals surface area contributed by atoms with Crippen LogP contribution in [0.2, 0.25) is 0 Å². The number of benzene rings is 2. The summed E-state index contributed by atoms with van der Waals surface area (Å²) in [5.74, 6) is 0.593. The van der Waals surface area contributed by atoms with Crippen LogP contribution in [0.1, 0.15) is 37.3 Å². The highest BCUT2D eigenvalue weighted by molar-refractivity contribution is 5.24. The highest BCUT2D eigenvalue weighted by atomic mass is 19.1. The van der Waals surface area contributed by atoms with E-state index in [-0.39, 0.29) is 11.9 Å². The van der Waals surface area contributed by atoms with Gasteiger partial charge in [0.1, 0.15) is 5.82 Å². The van der Waals surface area contributed by atoms with Gasteiger partial charge in [-0.25, -0.2) is 4.39 Å². The summed E-state index contributed by atoms with van der Waals surface area (Å²) in [7, 11) is 0. The zero-order valence-corrected chi connectivity index (χ0v) is 12.8. The van der Waals surface area contributed by atoms with Gasteiger partial charge in [0, 0.05) is 12.0 Å². The van der Waals surface area contributed by atoms with Crippen molar-refractivity contribution >= 4 is 0 Å². The molecule has 0 amide bonds. The summed E-state index contributed by atoms with van der Waals surface area (Å²) in [5.41, 5.74) is 8.72. The molecule has 2 aromatic carbocycles. The van der Waals surface area contributed by atoms with Crippen LogP contribution >= 0.6 is 0 Å². The average Bonchev–Trinajstić information content (AvgIpc) is 2.48. The van der Waals surface area contributed by atoms with Crippen LogP contribution < -0.4 is 5.73 Å². The van der Waals surface area contributed by atoms with E-state index in [1.807, 2.05) is 12.1 Å². The van der Waals surface area contributed by atoms with E-state index in [1.54, 1.807) is 12.1 Å². The summed E-state index contributed by atoms with van der Waals surface area (Å²) in [6.07, 6.45) is 1.78. The molecule has 21 heavy (non-hydrogen) atoms. The molecule has 2 rings (SSSR count). The van der Waals surface area contributed by atoms with Gasteiger partial charge in [-0.3, -0.25) is 0 Å². The molecule has 2 aromatic rings. The molecular formula is C19H24FN. The van der Waals surface area contributed by atoms with Crippen LogP contribution in [0.3, 0.4) is 0 Å². The molecule has 0 bridgehead atoms. The Hall–Kier alpha value is -1.67. The monoisotopic (exact) mass is 285 g/mol. The number of nitrogens with two attached hydrogens (primary N) is 1. The van der Waals surface area contributed by atoms with Crippen molar-refractivity contribution in [2.45, 2.75) is 38.6 Å². The van der Waals surface area contributed by atoms with Gasteiger partial charge in [-0.15, -0.1) is 0 Å². The zero-order valence-electron chi connectivity index (χ0n) is 12.8. The van der Waals surface area contributed by atoms with Gasteiger partial charge in [0.2, 0.25) is 0 Å². The first-order valence-electron chi connectivity index (χ1n) is 7.66. The van der Waals surface area contributed by atoms with E-state index in [0.29, 0.717) is 18.3 Å². The molecule has 3 unspecified atom stereocenters. The standard InChI is InChI=1S/C19H24FN/c1-3-14(2)19(16-9-5-4-6-10-16)18(21)13-15-8-7-11-17(20)12-15/h4-12,14,18-19H,3,13,21H2,1-2H3. The SMILES string of the molecule is CCC(C)C(c1ccccc1)C(N)Cc1cccc(F)c1. The molecule has 0 saturated carbocycles. The molecule has 0 fully saturated rings. The maximum absolute atomic E-state index is 13.3. The van der Waals surface area contributed by atoms with E-state index in [1.165, 1.54) is 11.6 Å². The number of hydrogen-bond acceptors (Lipinski definition) is 1. The molecule has 0 spiro atoms. The molecular weight excluding hydrogens is 261 g/mol. The lowest BCUT2D eigenvalue weighted by molar-refractivity contribution is 0.379. The third-order valence-electron chi connectivity index (χ3n) is 4.26. The Morgan fingerprint density at radius 3 is 2.38 bits per heavy atom. The minimum atomic E-state index is -0.195. The maximum atomic E-state index is 13.3.